The molecule has 4 rings (SSSR count). The number of amidine groups is 1. The van der Waals surface area contributed by atoms with E-state index in [-0.39, 0.29) is 11.6 Å². The second-order valence-electron chi connectivity index (χ2n) is 5.93. The highest BCUT2D eigenvalue weighted by atomic mass is 19.1. The molecule has 0 fully saturated rings. The number of rotatable bonds is 3. The maximum absolute atomic E-state index is 13.3. The van der Waals surface area contributed by atoms with Crippen LogP contribution in [-0.2, 0) is 0 Å². The van der Waals surface area contributed by atoms with Crippen LogP contribution in [0.4, 0.5) is 14.5 Å². The summed E-state index contributed by atoms with van der Waals surface area (Å²) in [4.78, 5) is 4.65. The van der Waals surface area contributed by atoms with Crippen LogP contribution in [0, 0.1) is 11.6 Å². The first-order valence-corrected chi connectivity index (χ1v) is 8.27. The summed E-state index contributed by atoms with van der Waals surface area (Å²) < 4.78 is 31.9. The normalized spacial score (nSPS) is 13.0. The van der Waals surface area contributed by atoms with E-state index in [0.717, 1.165) is 11.1 Å². The second kappa shape index (κ2) is 6.99. The zero-order chi connectivity index (χ0) is 18.8. The van der Waals surface area contributed by atoms with Gasteiger partial charge < -0.3 is 4.74 Å². The van der Waals surface area contributed by atoms with E-state index < -0.39 is 0 Å². The number of hydrazone groups is 1. The first-order chi connectivity index (χ1) is 13.1. The minimum Gasteiger partial charge on any atom is -0.497 e. The fourth-order valence-electron chi connectivity index (χ4n) is 2.81. The first kappa shape index (κ1) is 16.9. The van der Waals surface area contributed by atoms with Crippen molar-refractivity contribution < 1.29 is 13.5 Å². The van der Waals surface area contributed by atoms with Gasteiger partial charge in [-0.3, -0.25) is 5.43 Å². The standard InChI is InChI=1S/C21H15F2N3O/c1-27-17-10-11-19-18(12-17)20(13-2-6-15(22)7-3-13)25-26-21(24-19)14-4-8-16(23)9-5-14/h2-12H,1H3,(H,24,26). The number of hydrogen-bond acceptors (Lipinski definition) is 4. The molecule has 134 valence electrons. The van der Waals surface area contributed by atoms with E-state index in [1.54, 1.807) is 37.4 Å². The summed E-state index contributed by atoms with van der Waals surface area (Å²) in [6, 6.07) is 17.5. The summed E-state index contributed by atoms with van der Waals surface area (Å²) in [7, 11) is 1.58. The maximum atomic E-state index is 13.3. The molecule has 4 nitrogen and oxygen atoms in total. The first-order valence-electron chi connectivity index (χ1n) is 8.27. The van der Waals surface area contributed by atoms with Crippen LogP contribution < -0.4 is 10.2 Å². The zero-order valence-electron chi connectivity index (χ0n) is 14.4. The van der Waals surface area contributed by atoms with E-state index in [0.29, 0.717) is 28.5 Å². The molecular formula is C21H15F2N3O. The molecule has 3 aromatic rings. The lowest BCUT2D eigenvalue weighted by Crippen LogP contribution is -2.19. The summed E-state index contributed by atoms with van der Waals surface area (Å²) in [5.74, 6) is 0.492. The monoisotopic (exact) mass is 363 g/mol. The van der Waals surface area contributed by atoms with Crippen LogP contribution >= 0.6 is 0 Å². The van der Waals surface area contributed by atoms with Gasteiger partial charge in [0.15, 0.2) is 5.84 Å². The van der Waals surface area contributed by atoms with Crippen molar-refractivity contribution in [2.24, 2.45) is 10.1 Å². The average Bonchev–Trinajstić information content (AvgIpc) is 2.88. The molecular weight excluding hydrogens is 348 g/mol. The molecule has 6 heteroatoms. The number of benzene rings is 3. The Morgan fingerprint density at radius 2 is 1.44 bits per heavy atom. The molecule has 0 saturated heterocycles. The molecule has 1 aliphatic rings. The number of methoxy groups -OCH3 is 1. The van der Waals surface area contributed by atoms with Gasteiger partial charge in [-0.25, -0.2) is 13.8 Å². The largest absolute Gasteiger partial charge is 0.497 e. The topological polar surface area (TPSA) is 46.0 Å². The van der Waals surface area contributed by atoms with Gasteiger partial charge in [0.25, 0.3) is 0 Å². The molecule has 1 heterocycles. The molecule has 0 unspecified atom stereocenters. The van der Waals surface area contributed by atoms with Gasteiger partial charge >= 0.3 is 0 Å². The van der Waals surface area contributed by atoms with Crippen LogP contribution in [0.5, 0.6) is 5.75 Å². The molecule has 0 aromatic heterocycles. The number of aliphatic imine (C=N–C) groups is 1. The Morgan fingerprint density at radius 3 is 2.07 bits per heavy atom. The van der Waals surface area contributed by atoms with E-state index >= 15 is 0 Å². The van der Waals surface area contributed by atoms with Gasteiger partial charge in [0.1, 0.15) is 23.1 Å². The lowest BCUT2D eigenvalue weighted by molar-refractivity contribution is 0.415. The molecule has 0 aliphatic carbocycles. The molecule has 0 spiro atoms. The molecule has 0 atom stereocenters. The number of ether oxygens (including phenoxy) is 1. The van der Waals surface area contributed by atoms with E-state index in [9.17, 15) is 8.78 Å². The second-order valence-corrected chi connectivity index (χ2v) is 5.93. The highest BCUT2D eigenvalue weighted by Crippen LogP contribution is 2.29. The zero-order valence-corrected chi connectivity index (χ0v) is 14.4. The Balaban J connectivity index is 1.86. The van der Waals surface area contributed by atoms with Crippen molar-refractivity contribution in [3.8, 4) is 5.75 Å². The lowest BCUT2D eigenvalue weighted by atomic mass is 10.0. The van der Waals surface area contributed by atoms with Crippen molar-refractivity contribution in [2.75, 3.05) is 7.11 Å². The third-order valence-corrected chi connectivity index (χ3v) is 4.20. The third kappa shape index (κ3) is 3.42. The van der Waals surface area contributed by atoms with E-state index in [4.69, 9.17) is 4.74 Å². The van der Waals surface area contributed by atoms with Gasteiger partial charge in [-0.2, -0.15) is 5.10 Å². The average molecular weight is 363 g/mol. The maximum Gasteiger partial charge on any atom is 0.154 e. The van der Waals surface area contributed by atoms with Gasteiger partial charge in [-0.05, 0) is 66.7 Å². The quantitative estimate of drug-likeness (QED) is 0.749. The number of fused-ring (bicyclic) bond motifs is 1. The predicted molar refractivity (Wildman–Crippen MR) is 101 cm³/mol. The van der Waals surface area contributed by atoms with Crippen LogP contribution in [0.3, 0.4) is 0 Å². The molecule has 1 aliphatic heterocycles. The molecule has 0 amide bonds. The Hall–Kier alpha value is -3.54. The highest BCUT2D eigenvalue weighted by molar-refractivity contribution is 6.18. The number of halogens is 2. The molecule has 0 radical (unpaired) electrons. The van der Waals surface area contributed by atoms with Crippen molar-refractivity contribution in [1.82, 2.24) is 5.43 Å². The highest BCUT2D eigenvalue weighted by Gasteiger charge is 2.18. The van der Waals surface area contributed by atoms with Gasteiger partial charge in [0, 0.05) is 16.7 Å². The smallest absolute Gasteiger partial charge is 0.154 e. The Bertz CT molecular complexity index is 1040. The van der Waals surface area contributed by atoms with Crippen LogP contribution in [0.2, 0.25) is 0 Å². The summed E-state index contributed by atoms with van der Waals surface area (Å²) in [5.41, 5.74) is 6.39. The van der Waals surface area contributed by atoms with Gasteiger partial charge in [-0.15, -0.1) is 0 Å². The summed E-state index contributed by atoms with van der Waals surface area (Å²) >= 11 is 0. The van der Waals surface area contributed by atoms with Gasteiger partial charge in [-0.1, -0.05) is 0 Å². The van der Waals surface area contributed by atoms with Crippen LogP contribution in [0.25, 0.3) is 0 Å². The van der Waals surface area contributed by atoms with Crippen molar-refractivity contribution in [3.63, 3.8) is 0 Å². The van der Waals surface area contributed by atoms with Gasteiger partial charge in [0.2, 0.25) is 0 Å². The Morgan fingerprint density at radius 1 is 0.815 bits per heavy atom. The fraction of sp³-hybridized carbons (Fsp3) is 0.0476. The third-order valence-electron chi connectivity index (χ3n) is 4.20. The van der Waals surface area contributed by atoms with E-state index in [1.807, 2.05) is 12.1 Å². The predicted octanol–water partition coefficient (Wildman–Crippen LogP) is 4.41. The summed E-state index contributed by atoms with van der Waals surface area (Å²) in [6.07, 6.45) is 0. The summed E-state index contributed by atoms with van der Waals surface area (Å²) in [5, 5.41) is 4.48. The van der Waals surface area contributed by atoms with Crippen LogP contribution in [0.15, 0.2) is 76.8 Å². The van der Waals surface area contributed by atoms with Crippen molar-refractivity contribution in [1.29, 1.82) is 0 Å². The Kier molecular flexibility index (Phi) is 4.38. The lowest BCUT2D eigenvalue weighted by Gasteiger charge is -2.09. The number of nitrogens with one attached hydrogen (secondary N) is 1. The SMILES string of the molecule is COc1ccc2c(c1)C(c1ccc(F)cc1)=NNC(c1ccc(F)cc1)=N2. The molecule has 27 heavy (non-hydrogen) atoms. The van der Waals surface area contributed by atoms with Crippen molar-refractivity contribution in [3.05, 3.63) is 95.1 Å². The molecule has 1 N–H and O–H groups in total. The Labute approximate surface area is 154 Å². The van der Waals surface area contributed by atoms with E-state index in [1.165, 1.54) is 24.3 Å². The number of nitrogens with zero attached hydrogens (tertiary/aromatic N) is 2. The van der Waals surface area contributed by atoms with Gasteiger partial charge in [0.05, 0.1) is 12.8 Å². The van der Waals surface area contributed by atoms with Crippen molar-refractivity contribution in [2.45, 2.75) is 0 Å². The molecule has 3 aromatic carbocycles. The van der Waals surface area contributed by atoms with E-state index in [2.05, 4.69) is 15.5 Å². The number of hydrogen-bond donors (Lipinski definition) is 1. The fourth-order valence-corrected chi connectivity index (χ4v) is 2.81. The minimum atomic E-state index is -0.325. The minimum absolute atomic E-state index is 0.324. The van der Waals surface area contributed by atoms with Crippen LogP contribution in [0.1, 0.15) is 16.7 Å². The van der Waals surface area contributed by atoms with Crippen molar-refractivity contribution >= 4 is 17.2 Å². The molecule has 0 bridgehead atoms. The van der Waals surface area contributed by atoms with Crippen LogP contribution in [-0.4, -0.2) is 18.7 Å². The molecule has 0 saturated carbocycles. The summed E-state index contributed by atoms with van der Waals surface area (Å²) in [6.45, 7) is 0.